The molecule has 9 heteroatoms. The van der Waals surface area contributed by atoms with Gasteiger partial charge in [0.25, 0.3) is 0 Å². The van der Waals surface area contributed by atoms with Crippen molar-refractivity contribution in [2.24, 2.45) is 5.92 Å². The Morgan fingerprint density at radius 3 is 2.61 bits per heavy atom. The molecule has 2 heterocycles. The molecule has 1 fully saturated rings. The minimum absolute atomic E-state index is 0.00196. The van der Waals surface area contributed by atoms with Crippen LogP contribution in [0.4, 0.5) is 0 Å². The molecular weight excluding hydrogens is 320 g/mol. The second-order valence-electron chi connectivity index (χ2n) is 6.18. The van der Waals surface area contributed by atoms with Gasteiger partial charge in [0.05, 0.1) is 6.26 Å². The Hall–Kier alpha value is -1.48. The SMILES string of the molecule is CC(C)C(=O)NCCc1nc(C2CCN(S(C)(=O)=O)CC2)no1. The van der Waals surface area contributed by atoms with Crippen molar-refractivity contribution in [1.29, 1.82) is 0 Å². The van der Waals surface area contributed by atoms with E-state index in [9.17, 15) is 13.2 Å². The molecule has 0 unspecified atom stereocenters. The van der Waals surface area contributed by atoms with Crippen molar-refractivity contribution in [3.8, 4) is 0 Å². The maximum Gasteiger partial charge on any atom is 0.228 e. The maximum atomic E-state index is 11.5. The first-order valence-electron chi connectivity index (χ1n) is 7.82. The van der Waals surface area contributed by atoms with Gasteiger partial charge >= 0.3 is 0 Å². The van der Waals surface area contributed by atoms with Gasteiger partial charge in [-0.1, -0.05) is 19.0 Å². The molecule has 23 heavy (non-hydrogen) atoms. The average Bonchev–Trinajstić information content (AvgIpc) is 2.95. The number of piperidine rings is 1. The van der Waals surface area contributed by atoms with Crippen molar-refractivity contribution in [2.45, 2.75) is 39.0 Å². The molecule has 0 aromatic carbocycles. The molecule has 0 aliphatic carbocycles. The van der Waals surface area contributed by atoms with E-state index >= 15 is 0 Å². The standard InChI is InChI=1S/C14H24N4O4S/c1-10(2)14(19)15-7-4-12-16-13(17-22-12)11-5-8-18(9-6-11)23(3,20)21/h10-11H,4-9H2,1-3H3,(H,15,19). The Balaban J connectivity index is 1.82. The van der Waals surface area contributed by atoms with E-state index in [0.717, 1.165) is 0 Å². The molecule has 1 aliphatic heterocycles. The molecular formula is C14H24N4O4S. The zero-order valence-corrected chi connectivity index (χ0v) is 14.6. The highest BCUT2D eigenvalue weighted by molar-refractivity contribution is 7.88. The van der Waals surface area contributed by atoms with Gasteiger partial charge in [0.15, 0.2) is 5.82 Å². The molecule has 0 radical (unpaired) electrons. The minimum Gasteiger partial charge on any atom is -0.355 e. The first kappa shape index (κ1) is 17.9. The summed E-state index contributed by atoms with van der Waals surface area (Å²) in [6.45, 7) is 5.10. The number of nitrogens with zero attached hydrogens (tertiary/aromatic N) is 3. The summed E-state index contributed by atoms with van der Waals surface area (Å²) in [6, 6.07) is 0. The van der Waals surface area contributed by atoms with Crippen molar-refractivity contribution in [2.75, 3.05) is 25.9 Å². The average molecular weight is 344 g/mol. The first-order chi connectivity index (χ1) is 10.8. The van der Waals surface area contributed by atoms with Gasteiger partial charge in [-0.2, -0.15) is 4.98 Å². The van der Waals surface area contributed by atoms with Crippen LogP contribution in [-0.2, 0) is 21.2 Å². The summed E-state index contributed by atoms with van der Waals surface area (Å²) in [5.41, 5.74) is 0. The lowest BCUT2D eigenvalue weighted by Crippen LogP contribution is -2.37. The molecule has 0 bridgehead atoms. The van der Waals surface area contributed by atoms with Gasteiger partial charge in [0.2, 0.25) is 21.8 Å². The molecule has 0 spiro atoms. The lowest BCUT2D eigenvalue weighted by molar-refractivity contribution is -0.123. The fourth-order valence-electron chi connectivity index (χ4n) is 2.48. The van der Waals surface area contributed by atoms with Gasteiger partial charge in [-0.15, -0.1) is 0 Å². The van der Waals surface area contributed by atoms with Gasteiger partial charge in [-0.05, 0) is 12.8 Å². The van der Waals surface area contributed by atoms with E-state index in [0.29, 0.717) is 50.6 Å². The van der Waals surface area contributed by atoms with Crippen LogP contribution in [0.15, 0.2) is 4.52 Å². The molecule has 1 aliphatic rings. The number of aromatic nitrogens is 2. The highest BCUT2D eigenvalue weighted by Gasteiger charge is 2.28. The molecule has 8 nitrogen and oxygen atoms in total. The number of sulfonamides is 1. The second kappa shape index (κ2) is 7.39. The van der Waals surface area contributed by atoms with E-state index in [1.807, 2.05) is 13.8 Å². The molecule has 130 valence electrons. The van der Waals surface area contributed by atoms with Gasteiger partial charge < -0.3 is 9.84 Å². The van der Waals surface area contributed by atoms with Crippen LogP contribution in [-0.4, -0.2) is 54.7 Å². The minimum atomic E-state index is -3.12. The number of hydrogen-bond donors (Lipinski definition) is 1. The zero-order chi connectivity index (χ0) is 17.0. The number of amides is 1. The highest BCUT2D eigenvalue weighted by atomic mass is 32.2. The molecule has 0 atom stereocenters. The Kier molecular flexibility index (Phi) is 5.74. The third-order valence-corrected chi connectivity index (χ3v) is 5.24. The monoisotopic (exact) mass is 344 g/mol. The molecule has 1 aromatic heterocycles. The normalized spacial score (nSPS) is 17.6. The van der Waals surface area contributed by atoms with E-state index in [4.69, 9.17) is 4.52 Å². The van der Waals surface area contributed by atoms with Crippen LogP contribution in [0.3, 0.4) is 0 Å². The zero-order valence-electron chi connectivity index (χ0n) is 13.8. The van der Waals surface area contributed by atoms with Crippen LogP contribution >= 0.6 is 0 Å². The van der Waals surface area contributed by atoms with Crippen molar-refractivity contribution in [3.05, 3.63) is 11.7 Å². The topological polar surface area (TPSA) is 105 Å². The largest absolute Gasteiger partial charge is 0.355 e. The molecule has 0 saturated carbocycles. The first-order valence-corrected chi connectivity index (χ1v) is 9.67. The van der Waals surface area contributed by atoms with Crippen LogP contribution < -0.4 is 5.32 Å². The molecule has 1 N–H and O–H groups in total. The predicted octanol–water partition coefficient (Wildman–Crippen LogP) is 0.523. The summed E-state index contributed by atoms with van der Waals surface area (Å²) in [7, 11) is -3.12. The maximum absolute atomic E-state index is 11.5. The Labute approximate surface area is 136 Å². The Bertz CT molecular complexity index is 633. The summed E-state index contributed by atoms with van der Waals surface area (Å²) in [5.74, 6) is 1.19. The summed E-state index contributed by atoms with van der Waals surface area (Å²) in [4.78, 5) is 15.8. The summed E-state index contributed by atoms with van der Waals surface area (Å²) in [6.07, 6.45) is 3.10. The van der Waals surface area contributed by atoms with Gasteiger partial charge in [0, 0.05) is 37.9 Å². The van der Waals surface area contributed by atoms with Gasteiger partial charge in [-0.25, -0.2) is 12.7 Å². The van der Waals surface area contributed by atoms with E-state index in [2.05, 4.69) is 15.5 Å². The Morgan fingerprint density at radius 1 is 1.39 bits per heavy atom. The predicted molar refractivity (Wildman–Crippen MR) is 84.2 cm³/mol. The van der Waals surface area contributed by atoms with Crippen LogP contribution in [0.5, 0.6) is 0 Å². The van der Waals surface area contributed by atoms with Crippen molar-refractivity contribution >= 4 is 15.9 Å². The Morgan fingerprint density at radius 2 is 2.04 bits per heavy atom. The molecule has 1 aromatic rings. The number of carbonyl (C=O) groups excluding carboxylic acids is 1. The summed E-state index contributed by atoms with van der Waals surface area (Å²) < 4.78 is 29.7. The lowest BCUT2D eigenvalue weighted by atomic mass is 9.97. The quantitative estimate of drug-likeness (QED) is 0.807. The number of rotatable bonds is 6. The van der Waals surface area contributed by atoms with E-state index in [1.165, 1.54) is 10.6 Å². The molecule has 2 rings (SSSR count). The van der Waals surface area contributed by atoms with Crippen LogP contribution in [0.2, 0.25) is 0 Å². The lowest BCUT2D eigenvalue weighted by Gasteiger charge is -2.28. The molecule has 1 saturated heterocycles. The van der Waals surface area contributed by atoms with Crippen LogP contribution in [0.25, 0.3) is 0 Å². The fraction of sp³-hybridized carbons (Fsp3) is 0.786. The third kappa shape index (κ3) is 5.00. The van der Waals surface area contributed by atoms with Crippen molar-refractivity contribution in [1.82, 2.24) is 19.8 Å². The highest BCUT2D eigenvalue weighted by Crippen LogP contribution is 2.26. The van der Waals surface area contributed by atoms with E-state index in [1.54, 1.807) is 0 Å². The van der Waals surface area contributed by atoms with Crippen molar-refractivity contribution < 1.29 is 17.7 Å². The van der Waals surface area contributed by atoms with E-state index in [-0.39, 0.29) is 17.7 Å². The smallest absolute Gasteiger partial charge is 0.228 e. The number of carbonyl (C=O) groups is 1. The van der Waals surface area contributed by atoms with Crippen LogP contribution in [0.1, 0.15) is 44.3 Å². The van der Waals surface area contributed by atoms with Gasteiger partial charge in [0.1, 0.15) is 0 Å². The van der Waals surface area contributed by atoms with Crippen LogP contribution in [0, 0.1) is 5.92 Å². The third-order valence-electron chi connectivity index (χ3n) is 3.93. The van der Waals surface area contributed by atoms with Crippen molar-refractivity contribution in [3.63, 3.8) is 0 Å². The number of hydrogen-bond acceptors (Lipinski definition) is 6. The summed E-state index contributed by atoms with van der Waals surface area (Å²) in [5, 5.41) is 6.79. The fourth-order valence-corrected chi connectivity index (χ4v) is 3.35. The molecule has 1 amide bonds. The van der Waals surface area contributed by atoms with E-state index < -0.39 is 10.0 Å². The summed E-state index contributed by atoms with van der Waals surface area (Å²) >= 11 is 0. The second-order valence-corrected chi connectivity index (χ2v) is 8.16. The van der Waals surface area contributed by atoms with Gasteiger partial charge in [-0.3, -0.25) is 4.79 Å². The number of nitrogens with one attached hydrogen (secondary N) is 1.